The molecule has 1 saturated heterocycles. The number of carboxylic acid groups (broad SMARTS) is 1. The van der Waals surface area contributed by atoms with Gasteiger partial charge in [0.05, 0.1) is 0 Å². The predicted molar refractivity (Wildman–Crippen MR) is 44.5 cm³/mol. The Kier molecular flexibility index (Phi) is 3.06. The van der Waals surface area contributed by atoms with Gasteiger partial charge in [0, 0.05) is 6.42 Å². The van der Waals surface area contributed by atoms with Crippen molar-refractivity contribution in [3.8, 4) is 0 Å². The zero-order chi connectivity index (χ0) is 10.7. The monoisotopic (exact) mass is 201 g/mol. The van der Waals surface area contributed by atoms with E-state index >= 15 is 0 Å². The average molecular weight is 201 g/mol. The zero-order valence-corrected chi connectivity index (χ0v) is 7.73. The number of Topliss-reactive ketones (excluding diaryl/α,β-unsaturated/α-hetero) is 1. The summed E-state index contributed by atoms with van der Waals surface area (Å²) in [6.45, 7) is 1.43. The van der Waals surface area contributed by atoms with Gasteiger partial charge in [-0.1, -0.05) is 6.92 Å². The Bertz CT molecular complexity index is 275. The van der Waals surface area contributed by atoms with Gasteiger partial charge in [0.25, 0.3) is 0 Å². The number of carbonyl (C=O) groups excluding carboxylic acids is 2. The number of carbonyl (C=O) groups is 3. The summed E-state index contributed by atoms with van der Waals surface area (Å²) in [7, 11) is 0. The first-order chi connectivity index (χ1) is 6.57. The van der Waals surface area contributed by atoms with Gasteiger partial charge in [-0.3, -0.25) is 9.69 Å². The second kappa shape index (κ2) is 4.08. The maximum Gasteiger partial charge on any atom is 0.411 e. The van der Waals surface area contributed by atoms with Gasteiger partial charge in [0.1, 0.15) is 0 Å². The van der Waals surface area contributed by atoms with Crippen molar-refractivity contribution >= 4 is 17.8 Å². The molecule has 1 aliphatic heterocycles. The highest BCUT2D eigenvalue weighted by Gasteiger charge is 2.42. The smallest absolute Gasteiger partial charge is 0.411 e. The van der Waals surface area contributed by atoms with Crippen LogP contribution in [0.3, 0.4) is 0 Å². The number of ether oxygens (including phenoxy) is 1. The topological polar surface area (TPSA) is 83.9 Å². The van der Waals surface area contributed by atoms with E-state index in [4.69, 9.17) is 5.11 Å². The van der Waals surface area contributed by atoms with E-state index < -0.39 is 23.9 Å². The Morgan fingerprint density at radius 2 is 2.29 bits per heavy atom. The first-order valence-electron chi connectivity index (χ1n) is 4.26. The number of rotatable bonds is 3. The SMILES string of the molecule is CCCC(=O)[C@@H]1C(=O)OCN1C(=O)O. The lowest BCUT2D eigenvalue weighted by molar-refractivity contribution is -0.141. The summed E-state index contributed by atoms with van der Waals surface area (Å²) in [5.41, 5.74) is 0. The summed E-state index contributed by atoms with van der Waals surface area (Å²) in [5.74, 6) is -1.18. The second-order valence-electron chi connectivity index (χ2n) is 2.96. The molecule has 14 heavy (non-hydrogen) atoms. The molecule has 0 aromatic heterocycles. The van der Waals surface area contributed by atoms with E-state index in [0.717, 1.165) is 0 Å². The van der Waals surface area contributed by atoms with Crippen molar-refractivity contribution in [2.24, 2.45) is 0 Å². The molecule has 6 heteroatoms. The summed E-state index contributed by atoms with van der Waals surface area (Å²) in [5, 5.41) is 8.66. The van der Waals surface area contributed by atoms with Crippen LogP contribution in [0, 0.1) is 0 Å². The molecule has 0 radical (unpaired) electrons. The Morgan fingerprint density at radius 1 is 1.64 bits per heavy atom. The first kappa shape index (κ1) is 10.5. The number of esters is 1. The van der Waals surface area contributed by atoms with E-state index in [1.807, 2.05) is 0 Å². The van der Waals surface area contributed by atoms with Gasteiger partial charge in [-0.25, -0.2) is 9.59 Å². The molecular weight excluding hydrogens is 190 g/mol. The summed E-state index contributed by atoms with van der Waals surface area (Å²) in [4.78, 5) is 33.7. The van der Waals surface area contributed by atoms with Crippen molar-refractivity contribution in [1.29, 1.82) is 0 Å². The number of amides is 1. The largest absolute Gasteiger partial charge is 0.465 e. The molecule has 0 unspecified atom stereocenters. The molecule has 0 aliphatic carbocycles. The standard InChI is InChI=1S/C8H11NO5/c1-2-3-5(10)6-7(11)14-4-9(6)8(12)13/h6H,2-4H2,1H3,(H,12,13)/t6-/m1/s1. The van der Waals surface area contributed by atoms with Crippen molar-refractivity contribution in [2.75, 3.05) is 6.73 Å². The molecule has 1 atom stereocenters. The lowest BCUT2D eigenvalue weighted by Crippen LogP contribution is -2.42. The van der Waals surface area contributed by atoms with Gasteiger partial charge in [0.2, 0.25) is 0 Å². The van der Waals surface area contributed by atoms with E-state index in [2.05, 4.69) is 4.74 Å². The fraction of sp³-hybridized carbons (Fsp3) is 0.625. The molecule has 0 aromatic rings. The highest BCUT2D eigenvalue weighted by atomic mass is 16.6. The van der Waals surface area contributed by atoms with Gasteiger partial charge < -0.3 is 9.84 Å². The van der Waals surface area contributed by atoms with Gasteiger partial charge in [-0.2, -0.15) is 0 Å². The molecule has 0 aromatic carbocycles. The number of cyclic esters (lactones) is 1. The normalized spacial score (nSPS) is 20.8. The molecule has 1 rings (SSSR count). The molecule has 1 amide bonds. The molecule has 6 nitrogen and oxygen atoms in total. The maximum atomic E-state index is 11.4. The van der Waals surface area contributed by atoms with Crippen LogP contribution in [0.1, 0.15) is 19.8 Å². The third-order valence-corrected chi connectivity index (χ3v) is 1.93. The van der Waals surface area contributed by atoms with E-state index in [9.17, 15) is 14.4 Å². The summed E-state index contributed by atoms with van der Waals surface area (Å²) in [6.07, 6.45) is -0.551. The quantitative estimate of drug-likeness (QED) is 0.521. The number of nitrogens with zero attached hydrogens (tertiary/aromatic N) is 1. The Morgan fingerprint density at radius 3 is 2.79 bits per heavy atom. The molecule has 1 N–H and O–H groups in total. The Labute approximate surface area is 80.4 Å². The lowest BCUT2D eigenvalue weighted by atomic mass is 10.1. The van der Waals surface area contributed by atoms with Gasteiger partial charge in [-0.05, 0) is 6.42 Å². The van der Waals surface area contributed by atoms with E-state index in [1.165, 1.54) is 0 Å². The summed E-state index contributed by atoms with van der Waals surface area (Å²) >= 11 is 0. The molecule has 0 bridgehead atoms. The van der Waals surface area contributed by atoms with Crippen molar-refractivity contribution in [1.82, 2.24) is 4.90 Å². The van der Waals surface area contributed by atoms with Gasteiger partial charge >= 0.3 is 12.1 Å². The lowest BCUT2D eigenvalue weighted by Gasteiger charge is -2.14. The third-order valence-electron chi connectivity index (χ3n) is 1.93. The van der Waals surface area contributed by atoms with E-state index in [1.54, 1.807) is 6.92 Å². The summed E-state index contributed by atoms with van der Waals surface area (Å²) in [6, 6.07) is -1.26. The van der Waals surface area contributed by atoms with E-state index in [0.29, 0.717) is 11.3 Å². The number of hydrogen-bond acceptors (Lipinski definition) is 4. The minimum Gasteiger partial charge on any atom is -0.465 e. The van der Waals surface area contributed by atoms with Gasteiger partial charge in [0.15, 0.2) is 18.6 Å². The molecule has 1 aliphatic rings. The summed E-state index contributed by atoms with van der Waals surface area (Å²) < 4.78 is 4.49. The predicted octanol–water partition coefficient (Wildman–Crippen LogP) is 0.219. The highest BCUT2D eigenvalue weighted by Crippen LogP contribution is 2.14. The molecule has 1 fully saturated rings. The molecule has 0 saturated carbocycles. The average Bonchev–Trinajstić information content (AvgIpc) is 2.47. The van der Waals surface area contributed by atoms with E-state index in [-0.39, 0.29) is 13.2 Å². The molecule has 78 valence electrons. The van der Waals surface area contributed by atoms with Gasteiger partial charge in [-0.15, -0.1) is 0 Å². The zero-order valence-electron chi connectivity index (χ0n) is 7.73. The minimum atomic E-state index is -1.31. The Balaban J connectivity index is 2.76. The minimum absolute atomic E-state index is 0.184. The van der Waals surface area contributed by atoms with Crippen molar-refractivity contribution in [3.63, 3.8) is 0 Å². The Hall–Kier alpha value is -1.59. The maximum absolute atomic E-state index is 11.4. The van der Waals surface area contributed by atoms with Crippen LogP contribution >= 0.6 is 0 Å². The fourth-order valence-electron chi connectivity index (χ4n) is 1.27. The second-order valence-corrected chi connectivity index (χ2v) is 2.96. The molecule has 1 heterocycles. The van der Waals surface area contributed by atoms with Crippen LogP contribution in [-0.4, -0.2) is 40.6 Å². The van der Waals surface area contributed by atoms with Crippen molar-refractivity contribution in [3.05, 3.63) is 0 Å². The first-order valence-corrected chi connectivity index (χ1v) is 4.26. The fourth-order valence-corrected chi connectivity index (χ4v) is 1.27. The van der Waals surface area contributed by atoms with Crippen molar-refractivity contribution < 1.29 is 24.2 Å². The third kappa shape index (κ3) is 1.84. The van der Waals surface area contributed by atoms with Crippen LogP contribution in [0.15, 0.2) is 0 Å². The van der Waals surface area contributed by atoms with Crippen LogP contribution in [0.2, 0.25) is 0 Å². The molecular formula is C8H11NO5. The molecule has 0 spiro atoms. The van der Waals surface area contributed by atoms with Crippen LogP contribution in [0.25, 0.3) is 0 Å². The number of hydrogen-bond donors (Lipinski definition) is 1. The number of ketones is 1. The highest BCUT2D eigenvalue weighted by molar-refractivity contribution is 6.06. The van der Waals surface area contributed by atoms with Crippen LogP contribution in [0.4, 0.5) is 4.79 Å². The van der Waals surface area contributed by atoms with Crippen LogP contribution < -0.4 is 0 Å². The van der Waals surface area contributed by atoms with Crippen LogP contribution in [0.5, 0.6) is 0 Å². The van der Waals surface area contributed by atoms with Crippen molar-refractivity contribution in [2.45, 2.75) is 25.8 Å². The van der Waals surface area contributed by atoms with Crippen LogP contribution in [-0.2, 0) is 14.3 Å².